The topological polar surface area (TPSA) is 69.0 Å². The number of hydrogen-bond acceptors (Lipinski definition) is 4. The molecule has 0 bridgehead atoms. The Morgan fingerprint density at radius 2 is 1.96 bits per heavy atom. The van der Waals surface area contributed by atoms with E-state index in [9.17, 15) is 4.79 Å². The van der Waals surface area contributed by atoms with Gasteiger partial charge in [-0.2, -0.15) is 5.10 Å². The van der Waals surface area contributed by atoms with Crippen molar-refractivity contribution < 1.29 is 9.53 Å². The van der Waals surface area contributed by atoms with Crippen LogP contribution in [0.4, 0.5) is 0 Å². The molecule has 1 aliphatic rings. The van der Waals surface area contributed by atoms with E-state index in [1.54, 1.807) is 13.4 Å². The lowest BCUT2D eigenvalue weighted by atomic mass is 10.0. The Morgan fingerprint density at radius 3 is 2.68 bits per heavy atom. The molecule has 1 unspecified atom stereocenters. The molecule has 1 aromatic heterocycles. The minimum absolute atomic E-state index is 0.0905. The third kappa shape index (κ3) is 3.76. The van der Waals surface area contributed by atoms with Crippen LogP contribution in [0.25, 0.3) is 11.1 Å². The molecule has 144 valence electrons. The van der Waals surface area contributed by atoms with E-state index in [4.69, 9.17) is 4.74 Å². The van der Waals surface area contributed by atoms with Crippen molar-refractivity contribution in [1.29, 1.82) is 0 Å². The molecule has 0 saturated heterocycles. The minimum atomic E-state index is -0.101. The maximum Gasteiger partial charge on any atom is 0.251 e. The lowest BCUT2D eigenvalue weighted by molar-refractivity contribution is 0.0928. The quantitative estimate of drug-likeness (QED) is 0.680. The third-order valence-corrected chi connectivity index (χ3v) is 5.13. The number of nitrogens with zero attached hydrogens (tertiary/aromatic N) is 3. The van der Waals surface area contributed by atoms with Gasteiger partial charge in [0.05, 0.1) is 13.2 Å². The zero-order valence-electron chi connectivity index (χ0n) is 16.1. The summed E-state index contributed by atoms with van der Waals surface area (Å²) in [6.45, 7) is 2.77. The molecule has 1 fully saturated rings. The van der Waals surface area contributed by atoms with Crippen LogP contribution in [-0.4, -0.2) is 27.8 Å². The van der Waals surface area contributed by atoms with Crippen molar-refractivity contribution in [2.45, 2.75) is 32.4 Å². The number of aryl methyl sites for hydroxylation is 1. The van der Waals surface area contributed by atoms with Crippen molar-refractivity contribution in [3.63, 3.8) is 0 Å². The summed E-state index contributed by atoms with van der Waals surface area (Å²) in [5, 5.41) is 7.44. The van der Waals surface area contributed by atoms with Gasteiger partial charge in [-0.1, -0.05) is 24.3 Å². The fourth-order valence-corrected chi connectivity index (χ4v) is 3.45. The summed E-state index contributed by atoms with van der Waals surface area (Å²) < 4.78 is 7.17. The van der Waals surface area contributed by atoms with E-state index in [0.29, 0.717) is 11.5 Å². The average Bonchev–Trinajstić information content (AvgIpc) is 3.48. The maximum absolute atomic E-state index is 13.0. The van der Waals surface area contributed by atoms with Crippen LogP contribution in [0.3, 0.4) is 0 Å². The van der Waals surface area contributed by atoms with Crippen LogP contribution < -0.4 is 10.1 Å². The fourth-order valence-electron chi connectivity index (χ4n) is 3.45. The van der Waals surface area contributed by atoms with E-state index in [1.807, 2.05) is 60.1 Å². The van der Waals surface area contributed by atoms with E-state index in [0.717, 1.165) is 42.1 Å². The molecule has 0 spiro atoms. The predicted octanol–water partition coefficient (Wildman–Crippen LogP) is 3.85. The third-order valence-electron chi connectivity index (χ3n) is 5.13. The van der Waals surface area contributed by atoms with Crippen molar-refractivity contribution in [3.8, 4) is 16.9 Å². The molecule has 3 aromatic rings. The van der Waals surface area contributed by atoms with Crippen LogP contribution >= 0.6 is 0 Å². The van der Waals surface area contributed by atoms with Gasteiger partial charge in [0.2, 0.25) is 0 Å². The molecular weight excluding hydrogens is 352 g/mol. The second-order valence-corrected chi connectivity index (χ2v) is 7.04. The SMILES string of the molecule is CCn1ncnc1C(NC(=O)c1cccc(-c2cccc(OC)c2)c1)C1CC1. The summed E-state index contributed by atoms with van der Waals surface area (Å²) >= 11 is 0. The minimum Gasteiger partial charge on any atom is -0.497 e. The van der Waals surface area contributed by atoms with E-state index in [2.05, 4.69) is 15.4 Å². The standard InChI is InChI=1S/C22H24N4O2/c1-3-26-21(23-14-24-26)20(15-10-11-15)25-22(27)18-8-4-6-16(12-18)17-7-5-9-19(13-17)28-2/h4-9,12-15,20H,3,10-11H2,1-2H3,(H,25,27). The summed E-state index contributed by atoms with van der Waals surface area (Å²) in [5.41, 5.74) is 2.62. The molecule has 1 aliphatic carbocycles. The number of hydrogen-bond donors (Lipinski definition) is 1. The Morgan fingerprint density at radius 1 is 1.21 bits per heavy atom. The first-order valence-corrected chi connectivity index (χ1v) is 9.62. The van der Waals surface area contributed by atoms with Crippen molar-refractivity contribution in [2.24, 2.45) is 5.92 Å². The van der Waals surface area contributed by atoms with Gasteiger partial charge >= 0.3 is 0 Å². The van der Waals surface area contributed by atoms with Crippen molar-refractivity contribution in [3.05, 3.63) is 66.2 Å². The summed E-state index contributed by atoms with van der Waals surface area (Å²) in [7, 11) is 1.65. The molecule has 4 rings (SSSR count). The molecule has 6 nitrogen and oxygen atoms in total. The van der Waals surface area contributed by atoms with Gasteiger partial charge in [0.25, 0.3) is 5.91 Å². The second kappa shape index (κ2) is 7.84. The number of carbonyl (C=O) groups excluding carboxylic acids is 1. The number of aromatic nitrogens is 3. The van der Waals surface area contributed by atoms with Gasteiger partial charge in [-0.3, -0.25) is 4.79 Å². The van der Waals surface area contributed by atoms with E-state index in [-0.39, 0.29) is 11.9 Å². The smallest absolute Gasteiger partial charge is 0.251 e. The Kier molecular flexibility index (Phi) is 5.10. The molecule has 1 saturated carbocycles. The summed E-state index contributed by atoms with van der Waals surface area (Å²) in [6, 6.07) is 15.4. The number of carbonyl (C=O) groups is 1. The normalized spacial score (nSPS) is 14.5. The Balaban J connectivity index is 1.57. The van der Waals surface area contributed by atoms with Crippen LogP contribution in [0.15, 0.2) is 54.9 Å². The van der Waals surface area contributed by atoms with Crippen LogP contribution in [0.5, 0.6) is 5.75 Å². The van der Waals surface area contributed by atoms with E-state index in [1.165, 1.54) is 0 Å². The molecule has 0 radical (unpaired) electrons. The Labute approximate surface area is 164 Å². The number of benzene rings is 2. The molecular formula is C22H24N4O2. The van der Waals surface area contributed by atoms with E-state index >= 15 is 0 Å². The zero-order chi connectivity index (χ0) is 19.5. The molecule has 6 heteroatoms. The first-order chi connectivity index (χ1) is 13.7. The van der Waals surface area contributed by atoms with Gasteiger partial charge in [-0.15, -0.1) is 0 Å². The molecule has 1 amide bonds. The van der Waals surface area contributed by atoms with Crippen LogP contribution in [0.1, 0.15) is 42.0 Å². The number of methoxy groups -OCH3 is 1. The average molecular weight is 376 g/mol. The van der Waals surface area contributed by atoms with Gasteiger partial charge in [0.1, 0.15) is 17.9 Å². The number of rotatable bonds is 7. The Hall–Kier alpha value is -3.15. The van der Waals surface area contributed by atoms with Gasteiger partial charge in [-0.25, -0.2) is 9.67 Å². The lowest BCUT2D eigenvalue weighted by Crippen LogP contribution is -2.32. The van der Waals surface area contributed by atoms with Gasteiger partial charge < -0.3 is 10.1 Å². The zero-order valence-corrected chi connectivity index (χ0v) is 16.1. The molecule has 2 aromatic carbocycles. The summed E-state index contributed by atoms with van der Waals surface area (Å²) in [4.78, 5) is 17.4. The molecule has 0 aliphatic heterocycles. The monoisotopic (exact) mass is 376 g/mol. The van der Waals surface area contributed by atoms with Gasteiger partial charge in [0, 0.05) is 12.1 Å². The number of ether oxygens (including phenoxy) is 1. The lowest BCUT2D eigenvalue weighted by Gasteiger charge is -2.18. The van der Waals surface area contributed by atoms with Crippen molar-refractivity contribution in [2.75, 3.05) is 7.11 Å². The second-order valence-electron chi connectivity index (χ2n) is 7.04. The first kappa shape index (κ1) is 18.2. The van der Waals surface area contributed by atoms with Gasteiger partial charge in [-0.05, 0) is 61.1 Å². The fraction of sp³-hybridized carbons (Fsp3) is 0.318. The highest BCUT2D eigenvalue weighted by molar-refractivity contribution is 5.95. The van der Waals surface area contributed by atoms with Crippen LogP contribution in [0, 0.1) is 5.92 Å². The molecule has 28 heavy (non-hydrogen) atoms. The van der Waals surface area contributed by atoms with Crippen molar-refractivity contribution >= 4 is 5.91 Å². The van der Waals surface area contributed by atoms with Crippen LogP contribution in [-0.2, 0) is 6.54 Å². The maximum atomic E-state index is 13.0. The summed E-state index contributed by atoms with van der Waals surface area (Å²) in [6.07, 6.45) is 3.76. The van der Waals surface area contributed by atoms with E-state index < -0.39 is 0 Å². The van der Waals surface area contributed by atoms with Crippen molar-refractivity contribution in [1.82, 2.24) is 20.1 Å². The molecule has 1 atom stereocenters. The highest BCUT2D eigenvalue weighted by atomic mass is 16.5. The Bertz CT molecular complexity index is 978. The number of nitrogens with one attached hydrogen (secondary N) is 1. The molecule has 1 N–H and O–H groups in total. The largest absolute Gasteiger partial charge is 0.497 e. The highest BCUT2D eigenvalue weighted by Crippen LogP contribution is 2.40. The molecule has 1 heterocycles. The number of amides is 1. The first-order valence-electron chi connectivity index (χ1n) is 9.62. The van der Waals surface area contributed by atoms with Crippen LogP contribution in [0.2, 0.25) is 0 Å². The summed E-state index contributed by atoms with van der Waals surface area (Å²) in [5.74, 6) is 1.97. The predicted molar refractivity (Wildman–Crippen MR) is 107 cm³/mol. The van der Waals surface area contributed by atoms with Gasteiger partial charge in [0.15, 0.2) is 0 Å². The highest BCUT2D eigenvalue weighted by Gasteiger charge is 2.36.